The van der Waals surface area contributed by atoms with Gasteiger partial charge in [0.05, 0.1) is 0 Å². The summed E-state index contributed by atoms with van der Waals surface area (Å²) in [5.74, 6) is 0.683. The van der Waals surface area contributed by atoms with Crippen LogP contribution < -0.4 is 5.32 Å². The van der Waals surface area contributed by atoms with Gasteiger partial charge in [0.25, 0.3) is 0 Å². The van der Waals surface area contributed by atoms with Gasteiger partial charge in [-0.2, -0.15) is 0 Å². The molecule has 1 heterocycles. The van der Waals surface area contributed by atoms with E-state index in [4.69, 9.17) is 0 Å². The topological polar surface area (TPSA) is 37.8 Å². The van der Waals surface area contributed by atoms with Crippen molar-refractivity contribution in [2.24, 2.45) is 0 Å². The van der Waals surface area contributed by atoms with Crippen LogP contribution in [0.5, 0.6) is 0 Å². The number of hydrogen-bond donors (Lipinski definition) is 1. The molecule has 0 aromatic carbocycles. The molecular weight excluding hydrogens is 230 g/mol. The maximum atomic E-state index is 4.39. The average Bonchev–Trinajstić information content (AvgIpc) is 2.74. The molecule has 2 rings (SSSR count). The minimum atomic E-state index is 0.683. The number of rotatable bonds is 4. The fourth-order valence-corrected chi connectivity index (χ4v) is 3.42. The highest BCUT2D eigenvalue weighted by Crippen LogP contribution is 2.32. The summed E-state index contributed by atoms with van der Waals surface area (Å²) in [6.07, 6.45) is 9.60. The predicted molar refractivity (Wildman–Crippen MR) is 72.3 cm³/mol. The Hall–Kier alpha value is -0.480. The van der Waals surface area contributed by atoms with Crippen LogP contribution in [0.3, 0.4) is 0 Å². The van der Waals surface area contributed by atoms with Gasteiger partial charge in [-0.25, -0.2) is 0 Å². The molecule has 0 saturated heterocycles. The molecule has 1 N–H and O–H groups in total. The van der Waals surface area contributed by atoms with Crippen LogP contribution in [-0.2, 0) is 6.54 Å². The minimum Gasteiger partial charge on any atom is -0.311 e. The lowest BCUT2D eigenvalue weighted by atomic mass is 9.92. The first-order valence-electron chi connectivity index (χ1n) is 6.93. The molecule has 0 amide bonds. The monoisotopic (exact) mass is 253 g/mol. The lowest BCUT2D eigenvalue weighted by Gasteiger charge is -2.16. The van der Waals surface area contributed by atoms with E-state index >= 15 is 0 Å². The quantitative estimate of drug-likeness (QED) is 0.892. The third kappa shape index (κ3) is 4.03. The Balaban J connectivity index is 1.92. The van der Waals surface area contributed by atoms with Crippen molar-refractivity contribution in [1.82, 2.24) is 15.5 Å². The molecule has 17 heavy (non-hydrogen) atoms. The average molecular weight is 253 g/mol. The molecule has 1 aliphatic rings. The Bertz CT molecular complexity index is 316. The van der Waals surface area contributed by atoms with Crippen LogP contribution in [0.2, 0.25) is 0 Å². The lowest BCUT2D eigenvalue weighted by molar-refractivity contribution is 0.453. The van der Waals surface area contributed by atoms with Crippen LogP contribution in [0.1, 0.15) is 67.8 Å². The molecule has 3 nitrogen and oxygen atoms in total. The zero-order valence-electron chi connectivity index (χ0n) is 10.7. The van der Waals surface area contributed by atoms with Crippen LogP contribution in [0, 0.1) is 0 Å². The first-order chi connectivity index (χ1) is 8.40. The van der Waals surface area contributed by atoms with E-state index in [-0.39, 0.29) is 0 Å². The standard InChI is InChI=1S/C13H23N3S/c1-2-14-10-12-15-16-13(17-12)11-8-6-4-3-5-7-9-11/h11,14H,2-10H2,1H3. The Morgan fingerprint density at radius 2 is 1.82 bits per heavy atom. The highest BCUT2D eigenvalue weighted by Gasteiger charge is 2.17. The maximum absolute atomic E-state index is 4.39. The molecule has 1 aromatic rings. The van der Waals surface area contributed by atoms with Crippen molar-refractivity contribution in [3.05, 3.63) is 10.0 Å². The maximum Gasteiger partial charge on any atom is 0.131 e. The van der Waals surface area contributed by atoms with E-state index in [0.29, 0.717) is 5.92 Å². The molecular formula is C13H23N3S. The van der Waals surface area contributed by atoms with Gasteiger partial charge in [0.2, 0.25) is 0 Å². The second-order valence-electron chi connectivity index (χ2n) is 4.86. The highest BCUT2D eigenvalue weighted by molar-refractivity contribution is 7.11. The third-order valence-electron chi connectivity index (χ3n) is 3.46. The molecule has 0 atom stereocenters. The van der Waals surface area contributed by atoms with Crippen molar-refractivity contribution in [3.8, 4) is 0 Å². The second-order valence-corrected chi connectivity index (χ2v) is 5.95. The summed E-state index contributed by atoms with van der Waals surface area (Å²) in [6.45, 7) is 4.00. The number of nitrogens with zero attached hydrogens (tertiary/aromatic N) is 2. The molecule has 0 unspecified atom stereocenters. The van der Waals surface area contributed by atoms with Crippen molar-refractivity contribution in [2.45, 2.75) is 64.3 Å². The molecule has 1 aliphatic carbocycles. The predicted octanol–water partition coefficient (Wildman–Crippen LogP) is 3.48. The van der Waals surface area contributed by atoms with E-state index in [2.05, 4.69) is 22.4 Å². The van der Waals surface area contributed by atoms with Gasteiger partial charge >= 0.3 is 0 Å². The molecule has 1 saturated carbocycles. The van der Waals surface area contributed by atoms with Crippen molar-refractivity contribution in [1.29, 1.82) is 0 Å². The van der Waals surface area contributed by atoms with Crippen molar-refractivity contribution in [3.63, 3.8) is 0 Å². The van der Waals surface area contributed by atoms with E-state index in [9.17, 15) is 0 Å². The smallest absolute Gasteiger partial charge is 0.131 e. The first kappa shape index (κ1) is 13.0. The van der Waals surface area contributed by atoms with E-state index < -0.39 is 0 Å². The van der Waals surface area contributed by atoms with Crippen molar-refractivity contribution < 1.29 is 0 Å². The Morgan fingerprint density at radius 1 is 1.12 bits per heavy atom. The Morgan fingerprint density at radius 3 is 2.53 bits per heavy atom. The summed E-state index contributed by atoms with van der Waals surface area (Å²) in [5, 5.41) is 14.4. The summed E-state index contributed by atoms with van der Waals surface area (Å²) >= 11 is 1.81. The zero-order valence-corrected chi connectivity index (χ0v) is 11.6. The van der Waals surface area contributed by atoms with Gasteiger partial charge in [0.15, 0.2) is 0 Å². The summed E-state index contributed by atoms with van der Waals surface area (Å²) in [5.41, 5.74) is 0. The van der Waals surface area contributed by atoms with E-state index in [0.717, 1.165) is 18.1 Å². The van der Waals surface area contributed by atoms with Gasteiger partial charge in [0.1, 0.15) is 10.0 Å². The van der Waals surface area contributed by atoms with Gasteiger partial charge in [0, 0.05) is 12.5 Å². The fraction of sp³-hybridized carbons (Fsp3) is 0.846. The van der Waals surface area contributed by atoms with Crippen LogP contribution in [0.25, 0.3) is 0 Å². The first-order valence-corrected chi connectivity index (χ1v) is 7.74. The number of aromatic nitrogens is 2. The van der Waals surface area contributed by atoms with Gasteiger partial charge in [-0.05, 0) is 19.4 Å². The molecule has 0 spiro atoms. The van der Waals surface area contributed by atoms with Crippen LogP contribution in [-0.4, -0.2) is 16.7 Å². The molecule has 0 radical (unpaired) electrons. The van der Waals surface area contributed by atoms with Gasteiger partial charge in [-0.15, -0.1) is 10.2 Å². The van der Waals surface area contributed by atoms with Crippen LogP contribution >= 0.6 is 11.3 Å². The Kier molecular flexibility index (Phi) is 5.39. The zero-order chi connectivity index (χ0) is 11.9. The normalized spacial score (nSPS) is 18.9. The molecule has 96 valence electrons. The van der Waals surface area contributed by atoms with Crippen LogP contribution in [0.4, 0.5) is 0 Å². The van der Waals surface area contributed by atoms with E-state index in [1.165, 1.54) is 50.0 Å². The molecule has 1 fully saturated rings. The van der Waals surface area contributed by atoms with Crippen molar-refractivity contribution in [2.75, 3.05) is 6.54 Å². The summed E-state index contributed by atoms with van der Waals surface area (Å²) in [6, 6.07) is 0. The second kappa shape index (κ2) is 7.07. The van der Waals surface area contributed by atoms with E-state index in [1.807, 2.05) is 11.3 Å². The minimum absolute atomic E-state index is 0.683. The van der Waals surface area contributed by atoms with Crippen LogP contribution in [0.15, 0.2) is 0 Å². The van der Waals surface area contributed by atoms with Gasteiger partial charge in [-0.1, -0.05) is 50.4 Å². The summed E-state index contributed by atoms with van der Waals surface area (Å²) in [4.78, 5) is 0. The molecule has 0 aliphatic heterocycles. The Labute approximate surface area is 108 Å². The lowest BCUT2D eigenvalue weighted by Crippen LogP contribution is -2.11. The summed E-state index contributed by atoms with van der Waals surface area (Å²) < 4.78 is 0. The number of nitrogens with one attached hydrogen (secondary N) is 1. The highest BCUT2D eigenvalue weighted by atomic mass is 32.1. The van der Waals surface area contributed by atoms with Gasteiger partial charge in [-0.3, -0.25) is 0 Å². The largest absolute Gasteiger partial charge is 0.311 e. The summed E-state index contributed by atoms with van der Waals surface area (Å²) in [7, 11) is 0. The SMILES string of the molecule is CCNCc1nnc(C2CCCCCCC2)s1. The fourth-order valence-electron chi connectivity index (χ4n) is 2.44. The molecule has 1 aromatic heterocycles. The van der Waals surface area contributed by atoms with Crippen molar-refractivity contribution >= 4 is 11.3 Å². The third-order valence-corrected chi connectivity index (χ3v) is 4.55. The van der Waals surface area contributed by atoms with Gasteiger partial charge < -0.3 is 5.32 Å². The van der Waals surface area contributed by atoms with E-state index in [1.54, 1.807) is 0 Å². The number of hydrogen-bond acceptors (Lipinski definition) is 4. The molecule has 0 bridgehead atoms. The molecule has 4 heteroatoms.